The molecule has 0 amide bonds. The standard InChI is InChI=1S/C14H22FN3/c1-4-14(17,5-2)9-18-13-7-12(15)10(3)6-11(13)8-16/h6-8,16,18H,4-5,9,17H2,1-3H3. The van der Waals surface area contributed by atoms with E-state index in [1.165, 1.54) is 12.3 Å². The second-order valence-corrected chi connectivity index (χ2v) is 4.76. The highest BCUT2D eigenvalue weighted by Gasteiger charge is 2.20. The molecule has 0 unspecified atom stereocenters. The number of benzene rings is 1. The van der Waals surface area contributed by atoms with E-state index in [4.69, 9.17) is 11.1 Å². The van der Waals surface area contributed by atoms with Crippen molar-refractivity contribution in [1.82, 2.24) is 0 Å². The summed E-state index contributed by atoms with van der Waals surface area (Å²) < 4.78 is 13.5. The molecule has 0 radical (unpaired) electrons. The van der Waals surface area contributed by atoms with Crippen molar-refractivity contribution in [3.8, 4) is 0 Å². The molecule has 0 aliphatic rings. The SMILES string of the molecule is CCC(N)(CC)CNc1cc(F)c(C)cc1C=N. The average molecular weight is 251 g/mol. The second-order valence-electron chi connectivity index (χ2n) is 4.76. The average Bonchev–Trinajstić information content (AvgIpc) is 2.39. The Kier molecular flexibility index (Phi) is 4.84. The van der Waals surface area contributed by atoms with Gasteiger partial charge in [-0.05, 0) is 37.5 Å². The van der Waals surface area contributed by atoms with Gasteiger partial charge < -0.3 is 16.5 Å². The van der Waals surface area contributed by atoms with Gasteiger partial charge in [-0.3, -0.25) is 0 Å². The molecule has 4 N–H and O–H groups in total. The number of nitrogens with two attached hydrogens (primary N) is 1. The van der Waals surface area contributed by atoms with Crippen molar-refractivity contribution < 1.29 is 4.39 Å². The zero-order valence-electron chi connectivity index (χ0n) is 11.3. The van der Waals surface area contributed by atoms with Crippen LogP contribution in [-0.4, -0.2) is 18.3 Å². The molecular formula is C14H22FN3. The fourth-order valence-corrected chi connectivity index (χ4v) is 1.75. The van der Waals surface area contributed by atoms with Gasteiger partial charge >= 0.3 is 0 Å². The van der Waals surface area contributed by atoms with Crippen molar-refractivity contribution in [2.75, 3.05) is 11.9 Å². The summed E-state index contributed by atoms with van der Waals surface area (Å²) in [6, 6.07) is 3.10. The molecule has 0 fully saturated rings. The maximum absolute atomic E-state index is 13.5. The fraction of sp³-hybridized carbons (Fsp3) is 0.500. The van der Waals surface area contributed by atoms with Gasteiger partial charge in [-0.1, -0.05) is 13.8 Å². The molecule has 0 heterocycles. The highest BCUT2D eigenvalue weighted by Crippen LogP contribution is 2.20. The van der Waals surface area contributed by atoms with E-state index in [-0.39, 0.29) is 11.4 Å². The predicted octanol–water partition coefficient (Wildman–Crippen LogP) is 3.06. The summed E-state index contributed by atoms with van der Waals surface area (Å²) in [5, 5.41) is 10.5. The molecule has 100 valence electrons. The van der Waals surface area contributed by atoms with Crippen molar-refractivity contribution in [2.45, 2.75) is 39.2 Å². The first-order valence-corrected chi connectivity index (χ1v) is 6.29. The van der Waals surface area contributed by atoms with E-state index in [2.05, 4.69) is 5.32 Å². The Morgan fingerprint density at radius 1 is 1.39 bits per heavy atom. The first kappa shape index (κ1) is 14.6. The van der Waals surface area contributed by atoms with Gasteiger partial charge in [0.15, 0.2) is 0 Å². The molecule has 3 nitrogen and oxygen atoms in total. The van der Waals surface area contributed by atoms with Crippen LogP contribution in [0.1, 0.15) is 37.8 Å². The van der Waals surface area contributed by atoms with E-state index < -0.39 is 0 Å². The zero-order valence-corrected chi connectivity index (χ0v) is 11.3. The molecular weight excluding hydrogens is 229 g/mol. The van der Waals surface area contributed by atoms with E-state index in [1.807, 2.05) is 13.8 Å². The van der Waals surface area contributed by atoms with Crippen LogP contribution in [0.15, 0.2) is 12.1 Å². The van der Waals surface area contributed by atoms with Gasteiger partial charge in [0.2, 0.25) is 0 Å². The normalized spacial score (nSPS) is 11.4. The van der Waals surface area contributed by atoms with Crippen molar-refractivity contribution in [2.24, 2.45) is 5.73 Å². The minimum atomic E-state index is -0.291. The third kappa shape index (κ3) is 3.29. The lowest BCUT2D eigenvalue weighted by atomic mass is 9.94. The van der Waals surface area contributed by atoms with Crippen molar-refractivity contribution in [1.29, 1.82) is 5.41 Å². The van der Waals surface area contributed by atoms with Gasteiger partial charge in [0, 0.05) is 29.5 Å². The number of anilines is 1. The number of hydrogen-bond donors (Lipinski definition) is 3. The van der Waals surface area contributed by atoms with E-state index in [0.717, 1.165) is 12.8 Å². The fourth-order valence-electron chi connectivity index (χ4n) is 1.75. The van der Waals surface area contributed by atoms with Gasteiger partial charge in [-0.2, -0.15) is 0 Å². The topological polar surface area (TPSA) is 61.9 Å². The van der Waals surface area contributed by atoms with E-state index in [9.17, 15) is 4.39 Å². The predicted molar refractivity (Wildman–Crippen MR) is 75.0 cm³/mol. The summed E-state index contributed by atoms with van der Waals surface area (Å²) in [6.07, 6.45) is 2.93. The molecule has 0 aromatic heterocycles. The smallest absolute Gasteiger partial charge is 0.128 e. The monoisotopic (exact) mass is 251 g/mol. The Hall–Kier alpha value is -1.42. The third-order valence-electron chi connectivity index (χ3n) is 3.53. The van der Waals surface area contributed by atoms with Crippen LogP contribution in [0.2, 0.25) is 0 Å². The highest BCUT2D eigenvalue weighted by molar-refractivity contribution is 5.86. The molecule has 0 spiro atoms. The maximum Gasteiger partial charge on any atom is 0.128 e. The molecule has 1 rings (SSSR count). The Labute approximate surface area is 108 Å². The lowest BCUT2D eigenvalue weighted by molar-refractivity contribution is 0.418. The molecule has 0 aliphatic heterocycles. The van der Waals surface area contributed by atoms with Crippen LogP contribution in [0.5, 0.6) is 0 Å². The molecule has 1 aromatic rings. The number of rotatable bonds is 6. The molecule has 1 aromatic carbocycles. The van der Waals surface area contributed by atoms with Crippen LogP contribution in [0.4, 0.5) is 10.1 Å². The largest absolute Gasteiger partial charge is 0.383 e. The van der Waals surface area contributed by atoms with Gasteiger partial charge in [0.05, 0.1) is 0 Å². The molecule has 0 atom stereocenters. The van der Waals surface area contributed by atoms with E-state index in [0.29, 0.717) is 23.4 Å². The summed E-state index contributed by atoms with van der Waals surface area (Å²) in [5.74, 6) is -0.265. The lowest BCUT2D eigenvalue weighted by Crippen LogP contribution is -2.45. The summed E-state index contributed by atoms with van der Waals surface area (Å²) in [7, 11) is 0. The summed E-state index contributed by atoms with van der Waals surface area (Å²) in [5.41, 5.74) is 7.76. The van der Waals surface area contributed by atoms with Gasteiger partial charge in [0.1, 0.15) is 5.82 Å². The number of aryl methyl sites for hydroxylation is 1. The molecule has 0 bridgehead atoms. The van der Waals surface area contributed by atoms with Crippen molar-refractivity contribution >= 4 is 11.9 Å². The van der Waals surface area contributed by atoms with Crippen LogP contribution < -0.4 is 11.1 Å². The van der Waals surface area contributed by atoms with Crippen LogP contribution >= 0.6 is 0 Å². The Morgan fingerprint density at radius 3 is 2.50 bits per heavy atom. The van der Waals surface area contributed by atoms with Gasteiger partial charge in [-0.15, -0.1) is 0 Å². The second kappa shape index (κ2) is 5.96. The molecule has 0 aliphatic carbocycles. The molecule has 0 saturated carbocycles. The van der Waals surface area contributed by atoms with Crippen LogP contribution in [0, 0.1) is 18.2 Å². The van der Waals surface area contributed by atoms with Crippen LogP contribution in [0.3, 0.4) is 0 Å². The zero-order chi connectivity index (χ0) is 13.8. The van der Waals surface area contributed by atoms with E-state index in [1.54, 1.807) is 13.0 Å². The highest BCUT2D eigenvalue weighted by atomic mass is 19.1. The maximum atomic E-state index is 13.5. The van der Waals surface area contributed by atoms with Gasteiger partial charge in [-0.25, -0.2) is 4.39 Å². The minimum absolute atomic E-state index is 0.265. The third-order valence-corrected chi connectivity index (χ3v) is 3.53. The molecule has 0 saturated heterocycles. The quantitative estimate of drug-likeness (QED) is 0.680. The summed E-state index contributed by atoms with van der Waals surface area (Å²) in [4.78, 5) is 0. The van der Waals surface area contributed by atoms with Crippen molar-refractivity contribution in [3.63, 3.8) is 0 Å². The number of halogens is 1. The molecule has 18 heavy (non-hydrogen) atoms. The first-order chi connectivity index (χ1) is 8.45. The summed E-state index contributed by atoms with van der Waals surface area (Å²) in [6.45, 7) is 6.34. The lowest BCUT2D eigenvalue weighted by Gasteiger charge is -2.27. The molecule has 4 heteroatoms. The first-order valence-electron chi connectivity index (χ1n) is 6.29. The number of hydrogen-bond acceptors (Lipinski definition) is 3. The Bertz CT molecular complexity index is 425. The Balaban J connectivity index is 2.91. The Morgan fingerprint density at radius 2 is 2.00 bits per heavy atom. The van der Waals surface area contributed by atoms with E-state index >= 15 is 0 Å². The van der Waals surface area contributed by atoms with Crippen LogP contribution in [-0.2, 0) is 0 Å². The summed E-state index contributed by atoms with van der Waals surface area (Å²) >= 11 is 0. The number of nitrogens with one attached hydrogen (secondary N) is 2. The van der Waals surface area contributed by atoms with Crippen molar-refractivity contribution in [3.05, 3.63) is 29.1 Å². The van der Waals surface area contributed by atoms with Gasteiger partial charge in [0.25, 0.3) is 0 Å². The minimum Gasteiger partial charge on any atom is -0.383 e. The van der Waals surface area contributed by atoms with Crippen LogP contribution in [0.25, 0.3) is 0 Å².